The first-order valence-electron chi connectivity index (χ1n) is 7.70. The van der Waals surface area contributed by atoms with Gasteiger partial charge in [-0.3, -0.25) is 4.99 Å². The van der Waals surface area contributed by atoms with Gasteiger partial charge in [0.05, 0.1) is 0 Å². The Hall–Kier alpha value is -1.80. The molecule has 0 amide bonds. The Morgan fingerprint density at radius 3 is 2.45 bits per heavy atom. The zero-order valence-electron chi connectivity index (χ0n) is 13.2. The molecule has 1 aliphatic rings. The predicted octanol–water partition coefficient (Wildman–Crippen LogP) is 4.84. The van der Waals surface area contributed by atoms with E-state index in [0.717, 1.165) is 19.4 Å². The number of amidine groups is 1. The minimum Gasteiger partial charge on any atom is -0.359 e. The van der Waals surface area contributed by atoms with Crippen molar-refractivity contribution in [2.45, 2.75) is 32.4 Å². The molecule has 0 saturated carbocycles. The van der Waals surface area contributed by atoms with Gasteiger partial charge in [-0.2, -0.15) is 0 Å². The summed E-state index contributed by atoms with van der Waals surface area (Å²) in [6.07, 6.45) is 2.16. The lowest BCUT2D eigenvalue weighted by molar-refractivity contribution is 0.489. The first-order valence-corrected chi connectivity index (χ1v) is 7.70. The summed E-state index contributed by atoms with van der Waals surface area (Å²) in [5.41, 5.74) is 3.99. The molecule has 2 aromatic carbocycles. The summed E-state index contributed by atoms with van der Waals surface area (Å²) in [5.74, 6) is 1.21. The molecule has 2 nitrogen and oxygen atoms in total. The van der Waals surface area contributed by atoms with Crippen molar-refractivity contribution >= 4 is 18.2 Å². The summed E-state index contributed by atoms with van der Waals surface area (Å²) in [6.45, 7) is 3.16. The number of hydrogen-bond acceptors (Lipinski definition) is 2. The molecule has 0 aromatic heterocycles. The lowest BCUT2D eigenvalue weighted by Crippen LogP contribution is -2.25. The van der Waals surface area contributed by atoms with Crippen molar-refractivity contribution in [3.8, 4) is 0 Å². The van der Waals surface area contributed by atoms with Crippen LogP contribution in [0.3, 0.4) is 0 Å². The number of halogens is 1. The van der Waals surface area contributed by atoms with E-state index in [2.05, 4.69) is 73.5 Å². The highest BCUT2D eigenvalue weighted by Crippen LogP contribution is 2.32. The SMILES string of the molecule is CCCC1=NC(c2ccccc2)c2ccccc2CN1C.Cl. The molecule has 1 aliphatic heterocycles. The van der Waals surface area contributed by atoms with Crippen LogP contribution in [0.25, 0.3) is 0 Å². The van der Waals surface area contributed by atoms with Gasteiger partial charge >= 0.3 is 0 Å². The normalized spacial score (nSPS) is 17.1. The number of fused-ring (bicyclic) bond motifs is 1. The first kappa shape index (κ1) is 16.6. The number of hydrogen-bond donors (Lipinski definition) is 0. The molecule has 0 bridgehead atoms. The van der Waals surface area contributed by atoms with Crippen molar-refractivity contribution in [2.75, 3.05) is 7.05 Å². The maximum atomic E-state index is 5.10. The summed E-state index contributed by atoms with van der Waals surface area (Å²) in [6, 6.07) is 19.4. The van der Waals surface area contributed by atoms with Gasteiger partial charge in [-0.05, 0) is 23.1 Å². The molecule has 1 atom stereocenters. The number of nitrogens with zero attached hydrogens (tertiary/aromatic N) is 2. The Bertz CT molecular complexity index is 637. The molecule has 1 unspecified atom stereocenters. The van der Waals surface area contributed by atoms with Gasteiger partial charge in [0.1, 0.15) is 11.9 Å². The topological polar surface area (TPSA) is 15.6 Å². The van der Waals surface area contributed by atoms with E-state index in [0.29, 0.717) is 0 Å². The Kier molecular flexibility index (Phi) is 5.62. The third-order valence-corrected chi connectivity index (χ3v) is 4.06. The van der Waals surface area contributed by atoms with Crippen molar-refractivity contribution in [3.63, 3.8) is 0 Å². The summed E-state index contributed by atoms with van der Waals surface area (Å²) >= 11 is 0. The van der Waals surface area contributed by atoms with Crippen molar-refractivity contribution in [1.82, 2.24) is 4.90 Å². The van der Waals surface area contributed by atoms with E-state index < -0.39 is 0 Å². The molecule has 116 valence electrons. The third-order valence-electron chi connectivity index (χ3n) is 4.06. The van der Waals surface area contributed by atoms with E-state index in [9.17, 15) is 0 Å². The second kappa shape index (κ2) is 7.46. The molecule has 0 aliphatic carbocycles. The van der Waals surface area contributed by atoms with Gasteiger partial charge in [-0.1, -0.05) is 61.5 Å². The van der Waals surface area contributed by atoms with E-state index in [-0.39, 0.29) is 18.4 Å². The van der Waals surface area contributed by atoms with Gasteiger partial charge in [-0.25, -0.2) is 0 Å². The molecule has 0 radical (unpaired) electrons. The van der Waals surface area contributed by atoms with Gasteiger partial charge in [0.25, 0.3) is 0 Å². The van der Waals surface area contributed by atoms with Crippen LogP contribution in [-0.2, 0) is 6.54 Å². The molecule has 2 aromatic rings. The van der Waals surface area contributed by atoms with Crippen LogP contribution in [-0.4, -0.2) is 17.8 Å². The Labute approximate surface area is 139 Å². The van der Waals surface area contributed by atoms with Crippen LogP contribution in [0.2, 0.25) is 0 Å². The zero-order valence-corrected chi connectivity index (χ0v) is 14.0. The average Bonchev–Trinajstić information content (AvgIpc) is 2.66. The Morgan fingerprint density at radius 2 is 1.73 bits per heavy atom. The molecule has 0 spiro atoms. The minimum absolute atomic E-state index is 0. The molecule has 3 rings (SSSR count). The van der Waals surface area contributed by atoms with Gasteiger partial charge in [0, 0.05) is 20.0 Å². The van der Waals surface area contributed by atoms with Crippen molar-refractivity contribution in [2.24, 2.45) is 4.99 Å². The lowest BCUT2D eigenvalue weighted by atomic mass is 9.95. The van der Waals surface area contributed by atoms with E-state index >= 15 is 0 Å². The highest BCUT2D eigenvalue weighted by Gasteiger charge is 2.22. The van der Waals surface area contributed by atoms with Crippen LogP contribution in [0.15, 0.2) is 59.6 Å². The quantitative estimate of drug-likeness (QED) is 0.791. The number of rotatable bonds is 3. The van der Waals surface area contributed by atoms with Gasteiger partial charge in [0.2, 0.25) is 0 Å². The van der Waals surface area contributed by atoms with E-state index in [1.807, 2.05) is 0 Å². The first-order chi connectivity index (χ1) is 10.3. The monoisotopic (exact) mass is 314 g/mol. The molecule has 0 saturated heterocycles. The largest absolute Gasteiger partial charge is 0.359 e. The van der Waals surface area contributed by atoms with Crippen molar-refractivity contribution < 1.29 is 0 Å². The van der Waals surface area contributed by atoms with Crippen LogP contribution in [0.1, 0.15) is 42.5 Å². The number of benzene rings is 2. The van der Waals surface area contributed by atoms with Crippen LogP contribution < -0.4 is 0 Å². The highest BCUT2D eigenvalue weighted by atomic mass is 35.5. The second-order valence-electron chi connectivity index (χ2n) is 5.66. The Balaban J connectivity index is 0.00000176. The maximum absolute atomic E-state index is 5.10. The zero-order chi connectivity index (χ0) is 14.7. The highest BCUT2D eigenvalue weighted by molar-refractivity contribution is 5.85. The molecule has 22 heavy (non-hydrogen) atoms. The summed E-state index contributed by atoms with van der Waals surface area (Å²) < 4.78 is 0. The van der Waals surface area contributed by atoms with Crippen molar-refractivity contribution in [1.29, 1.82) is 0 Å². The summed E-state index contributed by atoms with van der Waals surface area (Å²) in [4.78, 5) is 7.40. The van der Waals surface area contributed by atoms with Crippen LogP contribution in [0.5, 0.6) is 0 Å². The van der Waals surface area contributed by atoms with Crippen LogP contribution in [0, 0.1) is 0 Å². The van der Waals surface area contributed by atoms with E-state index in [1.165, 1.54) is 22.5 Å². The van der Waals surface area contributed by atoms with Crippen LogP contribution >= 0.6 is 12.4 Å². The smallest absolute Gasteiger partial charge is 0.102 e. The molecule has 0 fully saturated rings. The van der Waals surface area contributed by atoms with E-state index in [1.54, 1.807) is 0 Å². The molecule has 1 heterocycles. The standard InChI is InChI=1S/C19H22N2.ClH/c1-3-9-18-20-19(15-10-5-4-6-11-15)17-13-8-7-12-16(17)14-21(18)2;/h4-8,10-13,19H,3,9,14H2,1-2H3;1H. The molecular weight excluding hydrogens is 292 g/mol. The maximum Gasteiger partial charge on any atom is 0.102 e. The van der Waals surface area contributed by atoms with Gasteiger partial charge in [-0.15, -0.1) is 12.4 Å². The summed E-state index contributed by atoms with van der Waals surface area (Å²) in [7, 11) is 2.15. The fourth-order valence-corrected chi connectivity index (χ4v) is 2.98. The summed E-state index contributed by atoms with van der Waals surface area (Å²) in [5, 5.41) is 0. The number of aliphatic imine (C=N–C) groups is 1. The fourth-order valence-electron chi connectivity index (χ4n) is 2.98. The fraction of sp³-hybridized carbons (Fsp3) is 0.316. The van der Waals surface area contributed by atoms with Crippen LogP contribution in [0.4, 0.5) is 0 Å². The lowest BCUT2D eigenvalue weighted by Gasteiger charge is -2.19. The average molecular weight is 315 g/mol. The third kappa shape index (κ3) is 3.33. The van der Waals surface area contributed by atoms with Crippen molar-refractivity contribution in [3.05, 3.63) is 71.3 Å². The van der Waals surface area contributed by atoms with E-state index in [4.69, 9.17) is 4.99 Å². The van der Waals surface area contributed by atoms with Gasteiger partial charge < -0.3 is 4.90 Å². The molecule has 0 N–H and O–H groups in total. The predicted molar refractivity (Wildman–Crippen MR) is 95.8 cm³/mol. The molecule has 3 heteroatoms. The Morgan fingerprint density at radius 1 is 1.05 bits per heavy atom. The molecular formula is C19H23ClN2. The minimum atomic E-state index is 0. The van der Waals surface area contributed by atoms with Gasteiger partial charge in [0.15, 0.2) is 0 Å². The second-order valence-corrected chi connectivity index (χ2v) is 5.66.